The van der Waals surface area contributed by atoms with E-state index in [0.29, 0.717) is 12.8 Å². The maximum atomic E-state index is 12.4. The van der Waals surface area contributed by atoms with Gasteiger partial charge in [-0.1, -0.05) is 6.07 Å². The molecule has 2 N–H and O–H groups in total. The molecule has 1 fully saturated rings. The molecule has 1 aliphatic rings. The standard InChI is InChI=1S/C14H20N2O3/c1-18-12-5-3-4-11(10-12)16-13(17)14(19-2)6-8-15-9-7-14/h3-5,10,15H,6-9H2,1-2H3,(H,16,17). The van der Waals surface area contributed by atoms with Crippen molar-refractivity contribution in [2.45, 2.75) is 18.4 Å². The van der Waals surface area contributed by atoms with Crippen LogP contribution in [0.1, 0.15) is 12.8 Å². The van der Waals surface area contributed by atoms with Crippen molar-refractivity contribution in [2.24, 2.45) is 0 Å². The van der Waals surface area contributed by atoms with E-state index in [9.17, 15) is 4.79 Å². The molecule has 0 saturated carbocycles. The van der Waals surface area contributed by atoms with Crippen molar-refractivity contribution >= 4 is 11.6 Å². The summed E-state index contributed by atoms with van der Waals surface area (Å²) < 4.78 is 10.6. The van der Waals surface area contributed by atoms with Gasteiger partial charge in [-0.2, -0.15) is 0 Å². The molecule has 1 heterocycles. The van der Waals surface area contributed by atoms with Gasteiger partial charge in [0.25, 0.3) is 5.91 Å². The van der Waals surface area contributed by atoms with Crippen molar-refractivity contribution in [3.63, 3.8) is 0 Å². The van der Waals surface area contributed by atoms with Gasteiger partial charge in [0.15, 0.2) is 0 Å². The number of piperidine rings is 1. The molecule has 1 aromatic carbocycles. The number of hydrogen-bond donors (Lipinski definition) is 2. The van der Waals surface area contributed by atoms with Gasteiger partial charge in [0.05, 0.1) is 7.11 Å². The molecule has 0 unspecified atom stereocenters. The van der Waals surface area contributed by atoms with Gasteiger partial charge in [0.1, 0.15) is 11.4 Å². The zero-order valence-electron chi connectivity index (χ0n) is 11.4. The minimum Gasteiger partial charge on any atom is -0.497 e. The Morgan fingerprint density at radius 2 is 2.05 bits per heavy atom. The first-order valence-electron chi connectivity index (χ1n) is 6.41. The van der Waals surface area contributed by atoms with Crippen LogP contribution in [0.25, 0.3) is 0 Å². The third-order valence-corrected chi connectivity index (χ3v) is 3.54. The largest absolute Gasteiger partial charge is 0.497 e. The third kappa shape index (κ3) is 3.05. The third-order valence-electron chi connectivity index (χ3n) is 3.54. The molecule has 0 aromatic heterocycles. The summed E-state index contributed by atoms with van der Waals surface area (Å²) in [6, 6.07) is 7.32. The van der Waals surface area contributed by atoms with Crippen LogP contribution >= 0.6 is 0 Å². The summed E-state index contributed by atoms with van der Waals surface area (Å²) in [7, 11) is 3.20. The number of carbonyl (C=O) groups excluding carboxylic acids is 1. The number of methoxy groups -OCH3 is 2. The number of carbonyl (C=O) groups is 1. The highest BCUT2D eigenvalue weighted by Gasteiger charge is 2.39. The smallest absolute Gasteiger partial charge is 0.256 e. The Morgan fingerprint density at radius 3 is 2.68 bits per heavy atom. The highest BCUT2D eigenvalue weighted by molar-refractivity contribution is 5.97. The van der Waals surface area contributed by atoms with E-state index in [0.717, 1.165) is 24.5 Å². The van der Waals surface area contributed by atoms with Crippen LogP contribution in [0.5, 0.6) is 5.75 Å². The van der Waals surface area contributed by atoms with E-state index >= 15 is 0 Å². The zero-order chi connectivity index (χ0) is 13.7. The molecular formula is C14H20N2O3. The molecular weight excluding hydrogens is 244 g/mol. The summed E-state index contributed by atoms with van der Waals surface area (Å²) in [5, 5.41) is 6.14. The Balaban J connectivity index is 2.10. The van der Waals surface area contributed by atoms with Gasteiger partial charge in [-0.3, -0.25) is 4.79 Å². The normalized spacial score (nSPS) is 17.8. The maximum Gasteiger partial charge on any atom is 0.256 e. The van der Waals surface area contributed by atoms with Crippen LogP contribution in [0, 0.1) is 0 Å². The van der Waals surface area contributed by atoms with Crippen molar-refractivity contribution in [1.29, 1.82) is 0 Å². The van der Waals surface area contributed by atoms with Gasteiger partial charge < -0.3 is 20.1 Å². The predicted molar refractivity (Wildman–Crippen MR) is 73.5 cm³/mol. The molecule has 1 aromatic rings. The molecule has 0 atom stereocenters. The van der Waals surface area contributed by atoms with E-state index in [1.165, 1.54) is 0 Å². The fraction of sp³-hybridized carbons (Fsp3) is 0.500. The monoisotopic (exact) mass is 264 g/mol. The van der Waals surface area contributed by atoms with Crippen LogP contribution in [-0.2, 0) is 9.53 Å². The fourth-order valence-corrected chi connectivity index (χ4v) is 2.30. The first kappa shape index (κ1) is 13.8. The van der Waals surface area contributed by atoms with Crippen molar-refractivity contribution < 1.29 is 14.3 Å². The molecule has 0 aliphatic carbocycles. The average Bonchev–Trinajstić information content (AvgIpc) is 2.48. The van der Waals surface area contributed by atoms with Gasteiger partial charge in [-0.05, 0) is 38.1 Å². The number of rotatable bonds is 4. The number of hydrogen-bond acceptors (Lipinski definition) is 4. The molecule has 0 bridgehead atoms. The lowest BCUT2D eigenvalue weighted by molar-refractivity contribution is -0.140. The summed E-state index contributed by atoms with van der Waals surface area (Å²) in [6.07, 6.45) is 1.36. The molecule has 2 rings (SSSR count). The molecule has 1 amide bonds. The molecule has 5 heteroatoms. The van der Waals surface area contributed by atoms with Crippen molar-refractivity contribution in [3.8, 4) is 5.75 Å². The lowest BCUT2D eigenvalue weighted by atomic mass is 9.91. The quantitative estimate of drug-likeness (QED) is 0.863. The van der Waals surface area contributed by atoms with Gasteiger partial charge in [0, 0.05) is 18.9 Å². The minimum absolute atomic E-state index is 0.0928. The molecule has 5 nitrogen and oxygen atoms in total. The lowest BCUT2D eigenvalue weighted by Crippen LogP contribution is -2.51. The van der Waals surface area contributed by atoms with Crippen LogP contribution in [-0.4, -0.2) is 38.8 Å². The van der Waals surface area contributed by atoms with Crippen LogP contribution in [0.4, 0.5) is 5.69 Å². The second-order valence-electron chi connectivity index (χ2n) is 4.63. The van der Waals surface area contributed by atoms with Crippen molar-refractivity contribution in [2.75, 3.05) is 32.6 Å². The van der Waals surface area contributed by atoms with Gasteiger partial charge >= 0.3 is 0 Å². The van der Waals surface area contributed by atoms with E-state index < -0.39 is 5.60 Å². The minimum atomic E-state index is -0.728. The number of benzene rings is 1. The second-order valence-corrected chi connectivity index (χ2v) is 4.63. The molecule has 104 valence electrons. The number of anilines is 1. The number of amides is 1. The first-order valence-corrected chi connectivity index (χ1v) is 6.41. The fourth-order valence-electron chi connectivity index (χ4n) is 2.30. The molecule has 0 radical (unpaired) electrons. The van der Waals surface area contributed by atoms with E-state index in [2.05, 4.69) is 10.6 Å². The summed E-state index contributed by atoms with van der Waals surface area (Å²) in [6.45, 7) is 1.58. The Labute approximate surface area is 113 Å². The summed E-state index contributed by atoms with van der Waals surface area (Å²) in [5.41, 5.74) is -0.00627. The van der Waals surface area contributed by atoms with E-state index in [4.69, 9.17) is 9.47 Å². The van der Waals surface area contributed by atoms with Crippen LogP contribution in [0.3, 0.4) is 0 Å². The van der Waals surface area contributed by atoms with Crippen LogP contribution in [0.15, 0.2) is 24.3 Å². The Bertz CT molecular complexity index is 442. The summed E-state index contributed by atoms with van der Waals surface area (Å²) in [5.74, 6) is 0.624. The highest BCUT2D eigenvalue weighted by Crippen LogP contribution is 2.25. The van der Waals surface area contributed by atoms with E-state index in [-0.39, 0.29) is 5.91 Å². The maximum absolute atomic E-state index is 12.4. The highest BCUT2D eigenvalue weighted by atomic mass is 16.5. The molecule has 19 heavy (non-hydrogen) atoms. The van der Waals surface area contributed by atoms with Crippen LogP contribution in [0.2, 0.25) is 0 Å². The van der Waals surface area contributed by atoms with E-state index in [1.54, 1.807) is 20.3 Å². The second kappa shape index (κ2) is 6.04. The average molecular weight is 264 g/mol. The Kier molecular flexibility index (Phi) is 4.39. The SMILES string of the molecule is COc1cccc(NC(=O)C2(OC)CCNCC2)c1. The lowest BCUT2D eigenvalue weighted by Gasteiger charge is -2.34. The Morgan fingerprint density at radius 1 is 1.32 bits per heavy atom. The van der Waals surface area contributed by atoms with Gasteiger partial charge in [-0.25, -0.2) is 0 Å². The van der Waals surface area contributed by atoms with Crippen molar-refractivity contribution in [3.05, 3.63) is 24.3 Å². The van der Waals surface area contributed by atoms with E-state index in [1.807, 2.05) is 18.2 Å². The topological polar surface area (TPSA) is 59.6 Å². The van der Waals surface area contributed by atoms with Crippen LogP contribution < -0.4 is 15.4 Å². The zero-order valence-corrected chi connectivity index (χ0v) is 11.4. The molecule has 0 spiro atoms. The Hall–Kier alpha value is -1.59. The predicted octanol–water partition coefficient (Wildman–Crippen LogP) is 1.40. The van der Waals surface area contributed by atoms with Crippen molar-refractivity contribution in [1.82, 2.24) is 5.32 Å². The molecule has 1 aliphatic heterocycles. The van der Waals surface area contributed by atoms with Gasteiger partial charge in [-0.15, -0.1) is 0 Å². The number of ether oxygens (including phenoxy) is 2. The van der Waals surface area contributed by atoms with Gasteiger partial charge in [0.2, 0.25) is 0 Å². The summed E-state index contributed by atoms with van der Waals surface area (Å²) in [4.78, 5) is 12.4. The number of nitrogens with one attached hydrogen (secondary N) is 2. The summed E-state index contributed by atoms with van der Waals surface area (Å²) >= 11 is 0. The molecule has 1 saturated heterocycles. The first-order chi connectivity index (χ1) is 9.20.